The van der Waals surface area contributed by atoms with E-state index in [-0.39, 0.29) is 16.7 Å². The molecule has 2 heterocycles. The van der Waals surface area contributed by atoms with Crippen LogP contribution in [0.2, 0.25) is 0 Å². The fourth-order valence-corrected chi connectivity index (χ4v) is 3.29. The fraction of sp³-hybridized carbons (Fsp3) is 0.143. The van der Waals surface area contributed by atoms with E-state index >= 15 is 0 Å². The molecule has 7 heteroatoms. The molecule has 142 valence electrons. The second-order valence-corrected chi connectivity index (χ2v) is 6.08. The lowest BCUT2D eigenvalue weighted by atomic mass is 10.0. The van der Waals surface area contributed by atoms with Gasteiger partial charge in [0.05, 0.1) is 43.2 Å². The molecule has 2 aromatic heterocycles. The summed E-state index contributed by atoms with van der Waals surface area (Å²) in [5.41, 5.74) is 0.154. The Labute approximate surface area is 159 Å². The molecular weight excluding hydrogens is 362 g/mol. The summed E-state index contributed by atoms with van der Waals surface area (Å²) in [7, 11) is 4.60. The molecule has 0 atom stereocenters. The molecule has 4 aromatic rings. The van der Waals surface area contributed by atoms with Crippen LogP contribution in [0.4, 0.5) is 0 Å². The number of H-pyrrole nitrogens is 1. The lowest BCUT2D eigenvalue weighted by Gasteiger charge is -2.15. The van der Waals surface area contributed by atoms with Crippen molar-refractivity contribution in [3.05, 3.63) is 63.0 Å². The number of hydrogen-bond acceptors (Lipinski definition) is 6. The molecule has 0 unspecified atom stereocenters. The number of aromatic nitrogens is 1. The van der Waals surface area contributed by atoms with Gasteiger partial charge in [0, 0.05) is 12.1 Å². The Morgan fingerprint density at radius 2 is 1.50 bits per heavy atom. The van der Waals surface area contributed by atoms with E-state index in [9.17, 15) is 9.59 Å². The average Bonchev–Trinajstić information content (AvgIpc) is 2.72. The lowest BCUT2D eigenvalue weighted by Crippen LogP contribution is -2.06. The molecule has 0 fully saturated rings. The van der Waals surface area contributed by atoms with Crippen LogP contribution in [0.15, 0.2) is 56.5 Å². The van der Waals surface area contributed by atoms with Gasteiger partial charge >= 0.3 is 0 Å². The van der Waals surface area contributed by atoms with E-state index < -0.39 is 0 Å². The number of hydrogen-bond donors (Lipinski definition) is 1. The van der Waals surface area contributed by atoms with Crippen LogP contribution in [0.25, 0.3) is 33.2 Å². The number of fused-ring (bicyclic) bond motifs is 3. The van der Waals surface area contributed by atoms with E-state index in [4.69, 9.17) is 18.6 Å². The minimum Gasteiger partial charge on any atom is -0.496 e. The Hall–Kier alpha value is -3.74. The van der Waals surface area contributed by atoms with Crippen molar-refractivity contribution in [1.82, 2.24) is 4.98 Å². The van der Waals surface area contributed by atoms with Gasteiger partial charge in [0.2, 0.25) is 5.56 Å². The summed E-state index contributed by atoms with van der Waals surface area (Å²) in [5.74, 6) is 1.76. The Morgan fingerprint density at radius 3 is 2.14 bits per heavy atom. The van der Waals surface area contributed by atoms with Gasteiger partial charge in [-0.2, -0.15) is 0 Å². The molecular formula is C21H17NO6. The van der Waals surface area contributed by atoms with Gasteiger partial charge in [0.25, 0.3) is 0 Å². The summed E-state index contributed by atoms with van der Waals surface area (Å²) >= 11 is 0. The number of ether oxygens (including phenoxy) is 3. The number of benzene rings is 2. The molecule has 0 radical (unpaired) electrons. The third-order valence-electron chi connectivity index (χ3n) is 4.56. The zero-order chi connectivity index (χ0) is 19.8. The lowest BCUT2D eigenvalue weighted by molar-refractivity contribution is 0.400. The smallest absolute Gasteiger partial charge is 0.248 e. The normalized spacial score (nSPS) is 11.0. The largest absolute Gasteiger partial charge is 0.496 e. The maximum Gasteiger partial charge on any atom is 0.248 e. The maximum atomic E-state index is 12.8. The predicted octanol–water partition coefficient (Wildman–Crippen LogP) is 3.33. The van der Waals surface area contributed by atoms with Gasteiger partial charge in [-0.25, -0.2) is 0 Å². The topological polar surface area (TPSA) is 90.8 Å². The first-order valence-electron chi connectivity index (χ1n) is 8.46. The van der Waals surface area contributed by atoms with Crippen LogP contribution < -0.4 is 25.2 Å². The summed E-state index contributed by atoms with van der Waals surface area (Å²) in [6.07, 6.45) is 0. The maximum absolute atomic E-state index is 12.8. The molecule has 2 aromatic carbocycles. The van der Waals surface area contributed by atoms with E-state index in [1.165, 1.54) is 26.4 Å². The minimum atomic E-state index is -0.293. The third-order valence-corrected chi connectivity index (χ3v) is 4.56. The third kappa shape index (κ3) is 2.68. The van der Waals surface area contributed by atoms with Gasteiger partial charge < -0.3 is 23.6 Å². The van der Waals surface area contributed by atoms with E-state index in [0.717, 1.165) is 0 Å². The van der Waals surface area contributed by atoms with Gasteiger partial charge in [-0.1, -0.05) is 6.07 Å². The van der Waals surface area contributed by atoms with Crippen molar-refractivity contribution in [2.24, 2.45) is 0 Å². The first-order chi connectivity index (χ1) is 13.6. The second-order valence-electron chi connectivity index (χ2n) is 6.08. The molecule has 0 spiro atoms. The van der Waals surface area contributed by atoms with E-state index in [1.54, 1.807) is 37.4 Å². The molecule has 4 rings (SSSR count). The van der Waals surface area contributed by atoms with Crippen molar-refractivity contribution >= 4 is 21.7 Å². The molecule has 0 amide bonds. The highest BCUT2D eigenvalue weighted by Crippen LogP contribution is 2.43. The number of pyridine rings is 1. The monoisotopic (exact) mass is 379 g/mol. The summed E-state index contributed by atoms with van der Waals surface area (Å²) in [4.78, 5) is 27.2. The van der Waals surface area contributed by atoms with E-state index in [2.05, 4.69) is 4.98 Å². The van der Waals surface area contributed by atoms with Gasteiger partial charge in [0.1, 0.15) is 17.2 Å². The van der Waals surface area contributed by atoms with Crippen LogP contribution in [0.1, 0.15) is 0 Å². The summed E-state index contributed by atoms with van der Waals surface area (Å²) < 4.78 is 22.6. The molecule has 0 saturated carbocycles. The fourth-order valence-electron chi connectivity index (χ4n) is 3.29. The first-order valence-corrected chi connectivity index (χ1v) is 8.46. The van der Waals surface area contributed by atoms with Crippen LogP contribution in [-0.4, -0.2) is 26.3 Å². The van der Waals surface area contributed by atoms with E-state index in [0.29, 0.717) is 44.7 Å². The Balaban J connectivity index is 2.21. The highest BCUT2D eigenvalue weighted by molar-refractivity contribution is 6.13. The predicted molar refractivity (Wildman–Crippen MR) is 106 cm³/mol. The van der Waals surface area contributed by atoms with E-state index in [1.807, 2.05) is 0 Å². The molecule has 0 aliphatic rings. The molecule has 1 N–H and O–H groups in total. The zero-order valence-electron chi connectivity index (χ0n) is 15.5. The van der Waals surface area contributed by atoms with Crippen molar-refractivity contribution in [1.29, 1.82) is 0 Å². The van der Waals surface area contributed by atoms with Gasteiger partial charge in [0.15, 0.2) is 16.8 Å². The number of nitrogens with one attached hydrogen (secondary N) is 1. The van der Waals surface area contributed by atoms with Crippen LogP contribution in [0.3, 0.4) is 0 Å². The van der Waals surface area contributed by atoms with Gasteiger partial charge in [-0.3, -0.25) is 9.59 Å². The summed E-state index contributed by atoms with van der Waals surface area (Å²) in [5, 5.41) is 1.50. The van der Waals surface area contributed by atoms with Crippen LogP contribution in [0, 0.1) is 0 Å². The Kier molecular flexibility index (Phi) is 4.27. The second kappa shape index (κ2) is 6.77. The molecule has 7 nitrogen and oxygen atoms in total. The molecule has 0 aliphatic heterocycles. The average molecular weight is 379 g/mol. The number of rotatable bonds is 4. The number of methoxy groups -OCH3 is 3. The highest BCUT2D eigenvalue weighted by atomic mass is 16.5. The summed E-state index contributed by atoms with van der Waals surface area (Å²) in [6, 6.07) is 11.1. The zero-order valence-corrected chi connectivity index (χ0v) is 15.5. The highest BCUT2D eigenvalue weighted by Gasteiger charge is 2.20. The standard InChI is InChI=1S/C21H17NO6/c1-25-14-7-8-15(26-2)20-19(14)17(27-3)9-11-13(23)10-16(28-21(11)20)12-5-4-6-18(24)22-12/h4-10H,1-3H3,(H,22,24). The number of aromatic amines is 1. The minimum absolute atomic E-state index is 0.242. The van der Waals surface area contributed by atoms with Crippen LogP contribution in [0.5, 0.6) is 17.2 Å². The van der Waals surface area contributed by atoms with Crippen molar-refractivity contribution in [3.8, 4) is 28.7 Å². The molecule has 0 saturated heterocycles. The molecule has 0 bridgehead atoms. The molecule has 28 heavy (non-hydrogen) atoms. The van der Waals surface area contributed by atoms with Crippen LogP contribution >= 0.6 is 0 Å². The van der Waals surface area contributed by atoms with Gasteiger partial charge in [-0.05, 0) is 24.3 Å². The quantitative estimate of drug-likeness (QED) is 0.547. The van der Waals surface area contributed by atoms with Crippen molar-refractivity contribution in [2.45, 2.75) is 0 Å². The van der Waals surface area contributed by atoms with Gasteiger partial charge in [-0.15, -0.1) is 0 Å². The van der Waals surface area contributed by atoms with Crippen molar-refractivity contribution in [2.75, 3.05) is 21.3 Å². The van der Waals surface area contributed by atoms with Crippen molar-refractivity contribution < 1.29 is 18.6 Å². The first kappa shape index (κ1) is 17.7. The molecule has 0 aliphatic carbocycles. The Bertz CT molecular complexity index is 1320. The summed E-state index contributed by atoms with van der Waals surface area (Å²) in [6.45, 7) is 0. The SMILES string of the molecule is COc1ccc(OC)c2c1c(OC)cc1c(=O)cc(-c3cccc(=O)[nH]3)oc12. The van der Waals surface area contributed by atoms with Crippen LogP contribution in [-0.2, 0) is 0 Å². The Morgan fingerprint density at radius 1 is 0.821 bits per heavy atom. The van der Waals surface area contributed by atoms with Crippen molar-refractivity contribution in [3.63, 3.8) is 0 Å².